The third-order valence-electron chi connectivity index (χ3n) is 5.12. The summed E-state index contributed by atoms with van der Waals surface area (Å²) in [5.74, 6) is 0.218. The number of nitrogens with zero attached hydrogens (tertiary/aromatic N) is 3. The Morgan fingerprint density at radius 3 is 2.85 bits per heavy atom. The summed E-state index contributed by atoms with van der Waals surface area (Å²) in [6.45, 7) is 3.50. The second-order valence-corrected chi connectivity index (χ2v) is 7.27. The van der Waals surface area contributed by atoms with Crippen molar-refractivity contribution < 1.29 is 18.7 Å². The van der Waals surface area contributed by atoms with Crippen LogP contribution in [0.4, 0.5) is 4.39 Å². The van der Waals surface area contributed by atoms with Crippen LogP contribution in [0.15, 0.2) is 36.7 Å². The number of rotatable bonds is 3. The first-order valence-electron chi connectivity index (χ1n) is 9.17. The van der Waals surface area contributed by atoms with Crippen LogP contribution < -0.4 is 4.74 Å². The van der Waals surface area contributed by atoms with Gasteiger partial charge in [0, 0.05) is 19.2 Å². The van der Waals surface area contributed by atoms with Gasteiger partial charge in [-0.1, -0.05) is 0 Å². The number of aromatic nitrogens is 2. The number of benzene rings is 1. The minimum Gasteiger partial charge on any atom is -0.488 e. The molecule has 7 heteroatoms. The van der Waals surface area contributed by atoms with E-state index in [1.165, 1.54) is 18.3 Å². The van der Waals surface area contributed by atoms with Gasteiger partial charge in [0.2, 0.25) is 0 Å². The molecule has 1 spiro atoms. The molecule has 2 aromatic rings. The van der Waals surface area contributed by atoms with Crippen LogP contribution in [0.3, 0.4) is 0 Å². The number of carbonyl (C=O) groups excluding carboxylic acids is 1. The van der Waals surface area contributed by atoms with Crippen LogP contribution in [0.2, 0.25) is 0 Å². The summed E-state index contributed by atoms with van der Waals surface area (Å²) < 4.78 is 25.1. The fourth-order valence-electron chi connectivity index (χ4n) is 3.80. The van der Waals surface area contributed by atoms with E-state index in [9.17, 15) is 9.18 Å². The Bertz CT molecular complexity index is 812. The third-order valence-corrected chi connectivity index (χ3v) is 5.12. The molecular weight excluding hydrogens is 349 g/mol. The Labute approximate surface area is 157 Å². The molecule has 1 amide bonds. The van der Waals surface area contributed by atoms with Crippen molar-refractivity contribution >= 4 is 5.91 Å². The lowest BCUT2D eigenvalue weighted by molar-refractivity contribution is -0.0454. The van der Waals surface area contributed by atoms with Gasteiger partial charge >= 0.3 is 0 Å². The molecule has 6 nitrogen and oxygen atoms in total. The number of ether oxygens (including phenoxy) is 2. The number of halogens is 1. The molecule has 2 fully saturated rings. The topological polar surface area (TPSA) is 64.6 Å². The molecule has 2 aliphatic rings. The van der Waals surface area contributed by atoms with Gasteiger partial charge in [0.15, 0.2) is 0 Å². The highest BCUT2D eigenvalue weighted by atomic mass is 19.1. The first-order chi connectivity index (χ1) is 13.0. The molecule has 0 bridgehead atoms. The van der Waals surface area contributed by atoms with Crippen LogP contribution in [-0.2, 0) is 4.74 Å². The van der Waals surface area contributed by atoms with Gasteiger partial charge in [-0.2, -0.15) is 0 Å². The van der Waals surface area contributed by atoms with Crippen molar-refractivity contribution in [2.75, 3.05) is 19.7 Å². The summed E-state index contributed by atoms with van der Waals surface area (Å²) in [7, 11) is 0. The monoisotopic (exact) mass is 371 g/mol. The van der Waals surface area contributed by atoms with E-state index in [1.807, 2.05) is 6.92 Å². The first-order valence-corrected chi connectivity index (χ1v) is 9.17. The Morgan fingerprint density at radius 1 is 1.30 bits per heavy atom. The van der Waals surface area contributed by atoms with Gasteiger partial charge in [-0.25, -0.2) is 9.37 Å². The standard InChI is InChI=1S/C20H22FN3O3/c1-14-10-23-18(11-22-14)19(25)24-8-2-7-20(13-24)9-17(12-26-20)27-16-5-3-15(21)4-6-16/h3-6,10-11,17H,2,7-9,12-13H2,1H3/t17-,20+/m1/s1. The van der Waals surface area contributed by atoms with Crippen LogP contribution >= 0.6 is 0 Å². The molecule has 142 valence electrons. The van der Waals surface area contributed by atoms with E-state index in [2.05, 4.69) is 9.97 Å². The first kappa shape index (κ1) is 17.9. The van der Waals surface area contributed by atoms with Crippen LogP contribution in [0.5, 0.6) is 5.75 Å². The molecular formula is C20H22FN3O3. The fraction of sp³-hybridized carbons (Fsp3) is 0.450. The van der Waals surface area contributed by atoms with Gasteiger partial charge in [-0.05, 0) is 44.0 Å². The second kappa shape index (κ2) is 7.23. The summed E-state index contributed by atoms with van der Waals surface area (Å²) in [5.41, 5.74) is 0.743. The summed E-state index contributed by atoms with van der Waals surface area (Å²) in [6, 6.07) is 6.00. The van der Waals surface area contributed by atoms with E-state index < -0.39 is 5.60 Å². The lowest BCUT2D eigenvalue weighted by atomic mass is 9.89. The highest BCUT2D eigenvalue weighted by Gasteiger charge is 2.45. The van der Waals surface area contributed by atoms with Crippen LogP contribution in [-0.4, -0.2) is 52.2 Å². The molecule has 0 aliphatic carbocycles. The Kier molecular flexibility index (Phi) is 4.78. The number of amides is 1. The highest BCUT2D eigenvalue weighted by Crippen LogP contribution is 2.36. The van der Waals surface area contributed by atoms with Crippen LogP contribution in [0.25, 0.3) is 0 Å². The molecule has 0 saturated carbocycles. The zero-order valence-electron chi connectivity index (χ0n) is 15.2. The van der Waals surface area contributed by atoms with Crippen molar-refractivity contribution in [3.8, 4) is 5.75 Å². The molecule has 2 atom stereocenters. The maximum atomic E-state index is 13.0. The number of carbonyl (C=O) groups is 1. The van der Waals surface area contributed by atoms with Crippen molar-refractivity contribution in [3.05, 3.63) is 53.9 Å². The van der Waals surface area contributed by atoms with E-state index in [-0.39, 0.29) is 17.8 Å². The maximum absolute atomic E-state index is 13.0. The number of likely N-dealkylation sites (tertiary alicyclic amines) is 1. The van der Waals surface area contributed by atoms with Gasteiger partial charge in [-0.15, -0.1) is 0 Å². The molecule has 0 unspecified atom stereocenters. The van der Waals surface area contributed by atoms with Crippen molar-refractivity contribution in [2.45, 2.75) is 37.9 Å². The third kappa shape index (κ3) is 3.93. The Hall–Kier alpha value is -2.54. The second-order valence-electron chi connectivity index (χ2n) is 7.27. The maximum Gasteiger partial charge on any atom is 0.274 e. The van der Waals surface area contributed by atoms with Gasteiger partial charge in [-0.3, -0.25) is 9.78 Å². The van der Waals surface area contributed by atoms with Crippen molar-refractivity contribution in [1.29, 1.82) is 0 Å². The van der Waals surface area contributed by atoms with E-state index in [0.717, 1.165) is 18.5 Å². The lowest BCUT2D eigenvalue weighted by Crippen LogP contribution is -2.50. The lowest BCUT2D eigenvalue weighted by Gasteiger charge is -2.39. The summed E-state index contributed by atoms with van der Waals surface area (Å²) >= 11 is 0. The quantitative estimate of drug-likeness (QED) is 0.830. The van der Waals surface area contributed by atoms with Crippen molar-refractivity contribution in [3.63, 3.8) is 0 Å². The van der Waals surface area contributed by atoms with Crippen LogP contribution in [0.1, 0.15) is 35.4 Å². The van der Waals surface area contributed by atoms with Gasteiger partial charge in [0.05, 0.1) is 30.6 Å². The normalized spacial score (nSPS) is 25.0. The molecule has 1 aromatic heterocycles. The molecule has 27 heavy (non-hydrogen) atoms. The van der Waals surface area contributed by atoms with Gasteiger partial charge in [0.25, 0.3) is 5.91 Å². The Morgan fingerprint density at radius 2 is 2.11 bits per heavy atom. The van der Waals surface area contributed by atoms with E-state index in [1.54, 1.807) is 23.2 Å². The number of hydrogen-bond acceptors (Lipinski definition) is 5. The molecule has 0 radical (unpaired) electrons. The predicted molar refractivity (Wildman–Crippen MR) is 96.0 cm³/mol. The number of aryl methyl sites for hydroxylation is 1. The van der Waals surface area contributed by atoms with Crippen molar-refractivity contribution in [1.82, 2.24) is 14.9 Å². The smallest absolute Gasteiger partial charge is 0.274 e. The van der Waals surface area contributed by atoms with Gasteiger partial charge in [0.1, 0.15) is 23.4 Å². The average molecular weight is 371 g/mol. The van der Waals surface area contributed by atoms with E-state index in [0.29, 0.717) is 37.6 Å². The molecule has 0 N–H and O–H groups in total. The minimum absolute atomic E-state index is 0.107. The SMILES string of the molecule is Cc1cnc(C(=O)N2CCC[C@]3(C[C@@H](Oc4ccc(F)cc4)CO3)C2)cn1. The molecule has 2 saturated heterocycles. The zero-order valence-corrected chi connectivity index (χ0v) is 15.2. The number of hydrogen-bond donors (Lipinski definition) is 0. The van der Waals surface area contributed by atoms with Crippen molar-refractivity contribution in [2.24, 2.45) is 0 Å². The van der Waals surface area contributed by atoms with E-state index >= 15 is 0 Å². The minimum atomic E-state index is -0.392. The largest absolute Gasteiger partial charge is 0.488 e. The predicted octanol–water partition coefficient (Wildman–Crippen LogP) is 2.77. The van der Waals surface area contributed by atoms with Gasteiger partial charge < -0.3 is 14.4 Å². The fourth-order valence-corrected chi connectivity index (χ4v) is 3.80. The molecule has 4 rings (SSSR count). The van der Waals surface area contributed by atoms with E-state index in [4.69, 9.17) is 9.47 Å². The summed E-state index contributed by atoms with van der Waals surface area (Å²) in [4.78, 5) is 22.9. The zero-order chi connectivity index (χ0) is 18.9. The highest BCUT2D eigenvalue weighted by molar-refractivity contribution is 5.92. The molecule has 3 heterocycles. The van der Waals surface area contributed by atoms with Crippen LogP contribution in [0, 0.1) is 12.7 Å². The average Bonchev–Trinajstić information content (AvgIpc) is 3.05. The molecule has 1 aromatic carbocycles. The summed E-state index contributed by atoms with van der Waals surface area (Å²) in [5, 5.41) is 0. The Balaban J connectivity index is 1.41. The molecule has 2 aliphatic heterocycles. The summed E-state index contributed by atoms with van der Waals surface area (Å²) in [6.07, 6.45) is 5.48. The number of piperidine rings is 1.